The molecule has 136 valence electrons. The molecule has 2 rings (SSSR count). The second-order valence-electron chi connectivity index (χ2n) is 6.04. The van der Waals surface area contributed by atoms with Crippen LogP contribution in [0.25, 0.3) is 5.69 Å². The molecule has 5 nitrogen and oxygen atoms in total. The summed E-state index contributed by atoms with van der Waals surface area (Å²) in [5.74, 6) is 0. The third-order valence-corrected chi connectivity index (χ3v) is 3.35. The number of carbonyl (C=O) groups is 1. The summed E-state index contributed by atoms with van der Waals surface area (Å²) in [6, 6.07) is 3.97. The van der Waals surface area contributed by atoms with Gasteiger partial charge in [0.25, 0.3) is 0 Å². The van der Waals surface area contributed by atoms with Crippen LogP contribution >= 0.6 is 23.2 Å². The van der Waals surface area contributed by atoms with Crippen LogP contribution in [-0.4, -0.2) is 21.5 Å². The summed E-state index contributed by atoms with van der Waals surface area (Å²) in [6.45, 7) is 4.77. The minimum Gasteiger partial charge on any atom is -0.444 e. The molecule has 0 atom stereocenters. The Morgan fingerprint density at radius 3 is 2.40 bits per heavy atom. The quantitative estimate of drug-likeness (QED) is 0.725. The van der Waals surface area contributed by atoms with Gasteiger partial charge < -0.3 is 4.74 Å². The Labute approximate surface area is 151 Å². The van der Waals surface area contributed by atoms with Crippen molar-refractivity contribution in [1.82, 2.24) is 9.78 Å². The van der Waals surface area contributed by atoms with Gasteiger partial charge in [0.2, 0.25) is 0 Å². The maximum atomic E-state index is 13.5. The number of halogens is 5. The van der Waals surface area contributed by atoms with Crippen molar-refractivity contribution in [3.05, 3.63) is 40.1 Å². The lowest BCUT2D eigenvalue weighted by atomic mass is 10.2. The fourth-order valence-corrected chi connectivity index (χ4v) is 2.45. The first kappa shape index (κ1) is 19.4. The van der Waals surface area contributed by atoms with E-state index in [1.807, 2.05) is 0 Å². The zero-order valence-electron chi connectivity index (χ0n) is 13.4. The summed E-state index contributed by atoms with van der Waals surface area (Å²) < 4.78 is 46.1. The molecular weight excluding hydrogens is 382 g/mol. The van der Waals surface area contributed by atoms with Crippen LogP contribution in [0, 0.1) is 0 Å². The van der Waals surface area contributed by atoms with E-state index >= 15 is 0 Å². The molecule has 1 N–H and O–H groups in total. The number of hydrogen-bond acceptors (Lipinski definition) is 3. The predicted octanol–water partition coefficient (Wildman–Crippen LogP) is 5.54. The molecule has 0 unspecified atom stereocenters. The second-order valence-corrected chi connectivity index (χ2v) is 6.88. The standard InChI is InChI=1S/C15H14Cl2F3N3O2/c1-14(2,3)25-13(24)22-10-7-21-23(12(10)15(18,19)20)11-5-4-8(16)6-9(11)17/h4-7H,1-3H3,(H,22,24). The van der Waals surface area contributed by atoms with Crippen molar-refractivity contribution in [3.63, 3.8) is 0 Å². The van der Waals surface area contributed by atoms with Gasteiger partial charge in [-0.15, -0.1) is 0 Å². The number of carbonyl (C=O) groups excluding carboxylic acids is 1. The van der Waals surface area contributed by atoms with Gasteiger partial charge in [-0.2, -0.15) is 18.3 Å². The van der Waals surface area contributed by atoms with Crippen LogP contribution in [-0.2, 0) is 10.9 Å². The zero-order valence-corrected chi connectivity index (χ0v) is 14.9. The monoisotopic (exact) mass is 395 g/mol. The van der Waals surface area contributed by atoms with Crippen LogP contribution in [0.4, 0.5) is 23.7 Å². The van der Waals surface area contributed by atoms with E-state index in [0.29, 0.717) is 4.68 Å². The summed E-state index contributed by atoms with van der Waals surface area (Å²) in [7, 11) is 0. The van der Waals surface area contributed by atoms with E-state index in [0.717, 1.165) is 6.20 Å². The van der Waals surface area contributed by atoms with Crippen molar-refractivity contribution in [2.45, 2.75) is 32.5 Å². The first-order chi connectivity index (χ1) is 11.4. The lowest BCUT2D eigenvalue weighted by molar-refractivity contribution is -0.142. The van der Waals surface area contributed by atoms with Crippen molar-refractivity contribution in [1.29, 1.82) is 0 Å². The molecule has 2 aromatic rings. The number of amides is 1. The topological polar surface area (TPSA) is 56.1 Å². The molecule has 10 heteroatoms. The Morgan fingerprint density at radius 1 is 1.24 bits per heavy atom. The molecule has 0 saturated carbocycles. The van der Waals surface area contributed by atoms with Crippen molar-refractivity contribution >= 4 is 35.0 Å². The number of benzene rings is 1. The number of nitrogens with zero attached hydrogens (tertiary/aromatic N) is 2. The van der Waals surface area contributed by atoms with Crippen LogP contribution < -0.4 is 5.32 Å². The molecule has 0 spiro atoms. The van der Waals surface area contributed by atoms with Crippen LogP contribution in [0.1, 0.15) is 26.5 Å². The van der Waals surface area contributed by atoms with Gasteiger partial charge in [0.1, 0.15) is 5.60 Å². The van der Waals surface area contributed by atoms with Gasteiger partial charge in [-0.3, -0.25) is 5.32 Å². The molecule has 1 aromatic carbocycles. The fraction of sp³-hybridized carbons (Fsp3) is 0.333. The number of hydrogen-bond donors (Lipinski definition) is 1. The van der Waals surface area contributed by atoms with E-state index in [2.05, 4.69) is 10.4 Å². The number of alkyl halides is 3. The van der Waals surface area contributed by atoms with E-state index in [-0.39, 0.29) is 15.7 Å². The van der Waals surface area contributed by atoms with Gasteiger partial charge >= 0.3 is 12.3 Å². The maximum absolute atomic E-state index is 13.5. The third kappa shape index (κ3) is 4.79. The molecule has 1 amide bonds. The molecule has 1 aromatic heterocycles. The maximum Gasteiger partial charge on any atom is 0.435 e. The van der Waals surface area contributed by atoms with E-state index in [1.165, 1.54) is 18.2 Å². The molecule has 0 radical (unpaired) electrons. The molecule has 0 saturated heterocycles. The zero-order chi connectivity index (χ0) is 19.0. The molecule has 0 aliphatic heterocycles. The molecule has 0 fully saturated rings. The fourth-order valence-electron chi connectivity index (χ4n) is 1.96. The van der Waals surface area contributed by atoms with Crippen LogP contribution in [0.3, 0.4) is 0 Å². The number of rotatable bonds is 2. The van der Waals surface area contributed by atoms with E-state index in [4.69, 9.17) is 27.9 Å². The second kappa shape index (κ2) is 6.76. The van der Waals surface area contributed by atoms with Crippen molar-refractivity contribution in [2.75, 3.05) is 5.32 Å². The molecule has 0 aliphatic rings. The van der Waals surface area contributed by atoms with E-state index in [1.54, 1.807) is 20.8 Å². The minimum absolute atomic E-state index is 0.0232. The summed E-state index contributed by atoms with van der Waals surface area (Å²) in [4.78, 5) is 11.8. The first-order valence-electron chi connectivity index (χ1n) is 6.99. The predicted molar refractivity (Wildman–Crippen MR) is 88.4 cm³/mol. The highest BCUT2D eigenvalue weighted by Gasteiger charge is 2.40. The summed E-state index contributed by atoms with van der Waals surface area (Å²) in [5.41, 5.74) is -2.64. The van der Waals surface area contributed by atoms with Crippen molar-refractivity contribution in [3.8, 4) is 5.69 Å². The largest absolute Gasteiger partial charge is 0.444 e. The van der Waals surface area contributed by atoms with Crippen LogP contribution in [0.15, 0.2) is 24.4 Å². The highest BCUT2D eigenvalue weighted by molar-refractivity contribution is 6.35. The lowest BCUT2D eigenvalue weighted by Crippen LogP contribution is -2.28. The van der Waals surface area contributed by atoms with Gasteiger partial charge in [-0.1, -0.05) is 23.2 Å². The van der Waals surface area contributed by atoms with Gasteiger partial charge in [0.05, 0.1) is 22.6 Å². The average Bonchev–Trinajstić information content (AvgIpc) is 2.79. The summed E-state index contributed by atoms with van der Waals surface area (Å²) >= 11 is 11.7. The van der Waals surface area contributed by atoms with Crippen molar-refractivity contribution < 1.29 is 22.7 Å². The summed E-state index contributed by atoms with van der Waals surface area (Å²) in [5, 5.41) is 5.99. The molecular formula is C15H14Cl2F3N3O2. The Balaban J connectivity index is 2.47. The lowest BCUT2D eigenvalue weighted by Gasteiger charge is -2.20. The highest BCUT2D eigenvalue weighted by atomic mass is 35.5. The first-order valence-corrected chi connectivity index (χ1v) is 7.75. The number of ether oxygens (including phenoxy) is 1. The SMILES string of the molecule is CC(C)(C)OC(=O)Nc1cnn(-c2ccc(Cl)cc2Cl)c1C(F)(F)F. The average molecular weight is 396 g/mol. The van der Waals surface area contributed by atoms with Gasteiger partial charge in [-0.05, 0) is 39.0 Å². The number of aromatic nitrogens is 2. The number of anilines is 1. The van der Waals surface area contributed by atoms with Crippen LogP contribution in [0.5, 0.6) is 0 Å². The Morgan fingerprint density at radius 2 is 1.88 bits per heavy atom. The normalized spacial score (nSPS) is 12.2. The van der Waals surface area contributed by atoms with E-state index in [9.17, 15) is 18.0 Å². The third-order valence-electron chi connectivity index (χ3n) is 2.81. The Kier molecular flexibility index (Phi) is 5.24. The van der Waals surface area contributed by atoms with Gasteiger partial charge in [-0.25, -0.2) is 9.48 Å². The van der Waals surface area contributed by atoms with Crippen molar-refractivity contribution in [2.24, 2.45) is 0 Å². The smallest absolute Gasteiger partial charge is 0.435 e. The molecule has 0 aliphatic carbocycles. The highest BCUT2D eigenvalue weighted by Crippen LogP contribution is 2.38. The molecule has 0 bridgehead atoms. The summed E-state index contributed by atoms with van der Waals surface area (Å²) in [6.07, 6.45) is -4.96. The van der Waals surface area contributed by atoms with Crippen LogP contribution in [0.2, 0.25) is 10.0 Å². The molecule has 25 heavy (non-hydrogen) atoms. The minimum atomic E-state index is -4.80. The number of nitrogens with one attached hydrogen (secondary N) is 1. The van der Waals surface area contributed by atoms with Gasteiger partial charge in [0, 0.05) is 5.02 Å². The van der Waals surface area contributed by atoms with Gasteiger partial charge in [0.15, 0.2) is 5.69 Å². The molecule has 1 heterocycles. The van der Waals surface area contributed by atoms with E-state index < -0.39 is 29.3 Å². The Bertz CT molecular complexity index is 798. The Hall–Kier alpha value is -1.93.